The fourth-order valence-electron chi connectivity index (χ4n) is 4.75. The second-order valence-electron chi connectivity index (χ2n) is 8.51. The Morgan fingerprint density at radius 2 is 0.900 bits per heavy atom. The van der Waals surface area contributed by atoms with Crippen molar-refractivity contribution < 1.29 is 0 Å². The van der Waals surface area contributed by atoms with E-state index in [0.29, 0.717) is 21.5 Å². The predicted octanol–water partition coefficient (Wildman–Crippen LogP) is 5.78. The van der Waals surface area contributed by atoms with Gasteiger partial charge >= 0.3 is 0 Å². The molecule has 0 aliphatic rings. The fraction of sp³-hybridized carbons (Fsp3) is 0.231. The minimum absolute atomic E-state index is 0.00955. The molecule has 0 bridgehead atoms. The van der Waals surface area contributed by atoms with Crippen LogP contribution in [-0.4, -0.2) is 9.13 Å². The van der Waals surface area contributed by atoms with Crippen molar-refractivity contribution in [2.75, 3.05) is 0 Å². The summed E-state index contributed by atoms with van der Waals surface area (Å²) in [7, 11) is 0. The Labute approximate surface area is 174 Å². The highest BCUT2D eigenvalue weighted by Crippen LogP contribution is 2.29. The third kappa shape index (κ3) is 2.46. The van der Waals surface area contributed by atoms with Gasteiger partial charge in [-0.05, 0) is 64.1 Å². The number of nitrogens with zero attached hydrogens (tertiary/aromatic N) is 2. The molecule has 0 aliphatic carbocycles. The molecule has 0 N–H and O–H groups in total. The lowest BCUT2D eigenvalue weighted by atomic mass is 10.0. The molecule has 0 radical (unpaired) electrons. The van der Waals surface area contributed by atoms with Gasteiger partial charge < -0.3 is 9.13 Å². The minimum Gasteiger partial charge on any atom is -0.338 e. The van der Waals surface area contributed by atoms with Gasteiger partial charge in [-0.3, -0.25) is 9.59 Å². The normalized spacial score (nSPS) is 12.2. The summed E-state index contributed by atoms with van der Waals surface area (Å²) in [5, 5.41) is 2.72. The van der Waals surface area contributed by atoms with Crippen LogP contribution in [0.3, 0.4) is 0 Å². The summed E-state index contributed by atoms with van der Waals surface area (Å²) in [5.74, 6) is 0. The van der Waals surface area contributed by atoms with Gasteiger partial charge in [0, 0.05) is 33.6 Å². The summed E-state index contributed by atoms with van der Waals surface area (Å²) in [6.07, 6.45) is 0. The molecule has 0 saturated carbocycles. The van der Waals surface area contributed by atoms with E-state index in [1.807, 2.05) is 60.7 Å². The highest BCUT2D eigenvalue weighted by molar-refractivity contribution is 6.03. The van der Waals surface area contributed by atoms with Crippen LogP contribution in [0.1, 0.15) is 39.8 Å². The molecule has 5 rings (SSSR count). The molecule has 0 saturated heterocycles. The molecular formula is C26H24N2O2. The molecule has 0 fully saturated rings. The van der Waals surface area contributed by atoms with Gasteiger partial charge in [0.15, 0.2) is 10.9 Å². The average Bonchev–Trinajstić information content (AvgIpc) is 2.73. The quantitative estimate of drug-likeness (QED) is 0.355. The van der Waals surface area contributed by atoms with E-state index in [1.165, 1.54) is 0 Å². The van der Waals surface area contributed by atoms with E-state index in [2.05, 4.69) is 36.8 Å². The maximum Gasteiger partial charge on any atom is 0.197 e. The van der Waals surface area contributed by atoms with Gasteiger partial charge in [-0.2, -0.15) is 0 Å². The third-order valence-corrected chi connectivity index (χ3v) is 5.97. The van der Waals surface area contributed by atoms with Crippen molar-refractivity contribution in [2.45, 2.75) is 39.8 Å². The summed E-state index contributed by atoms with van der Waals surface area (Å²) in [6, 6.07) is 19.6. The van der Waals surface area contributed by atoms with Crippen LogP contribution in [-0.2, 0) is 0 Å². The predicted molar refractivity (Wildman–Crippen MR) is 126 cm³/mol. The Kier molecular flexibility index (Phi) is 4.07. The molecule has 5 aromatic rings. The zero-order chi connectivity index (χ0) is 21.2. The molecular weight excluding hydrogens is 372 g/mol. The Bertz CT molecular complexity index is 1470. The lowest BCUT2D eigenvalue weighted by Crippen LogP contribution is -2.17. The smallest absolute Gasteiger partial charge is 0.197 e. The fourth-order valence-corrected chi connectivity index (χ4v) is 4.75. The maximum absolute atomic E-state index is 13.4. The zero-order valence-corrected chi connectivity index (χ0v) is 17.6. The molecule has 4 nitrogen and oxygen atoms in total. The van der Waals surface area contributed by atoms with Gasteiger partial charge in [0.25, 0.3) is 0 Å². The van der Waals surface area contributed by atoms with Gasteiger partial charge in [-0.25, -0.2) is 0 Å². The van der Waals surface area contributed by atoms with Crippen molar-refractivity contribution >= 4 is 43.6 Å². The number of fused-ring (bicyclic) bond motifs is 4. The summed E-state index contributed by atoms with van der Waals surface area (Å²) >= 11 is 0. The number of para-hydroxylation sites is 2. The van der Waals surface area contributed by atoms with E-state index < -0.39 is 0 Å². The van der Waals surface area contributed by atoms with Crippen LogP contribution in [0.5, 0.6) is 0 Å². The Balaban J connectivity index is 2.13. The van der Waals surface area contributed by atoms with Gasteiger partial charge in [0.05, 0.1) is 22.1 Å². The van der Waals surface area contributed by atoms with Crippen LogP contribution in [0.2, 0.25) is 0 Å². The van der Waals surface area contributed by atoms with E-state index in [9.17, 15) is 9.59 Å². The molecule has 0 atom stereocenters. The Morgan fingerprint density at radius 3 is 1.27 bits per heavy atom. The number of rotatable bonds is 2. The molecule has 3 aromatic carbocycles. The van der Waals surface area contributed by atoms with E-state index in [-0.39, 0.29) is 22.9 Å². The lowest BCUT2D eigenvalue weighted by molar-refractivity contribution is 0.636. The van der Waals surface area contributed by atoms with Crippen molar-refractivity contribution in [1.29, 1.82) is 0 Å². The van der Waals surface area contributed by atoms with Crippen LogP contribution in [0.15, 0.2) is 70.3 Å². The first-order valence-electron chi connectivity index (χ1n) is 10.4. The summed E-state index contributed by atoms with van der Waals surface area (Å²) in [4.78, 5) is 26.9. The first-order valence-corrected chi connectivity index (χ1v) is 10.4. The number of hydrogen-bond donors (Lipinski definition) is 0. The Hall–Kier alpha value is -3.40. The van der Waals surface area contributed by atoms with Crippen LogP contribution < -0.4 is 10.9 Å². The maximum atomic E-state index is 13.4. The van der Waals surface area contributed by atoms with Gasteiger partial charge in [0.2, 0.25) is 0 Å². The summed E-state index contributed by atoms with van der Waals surface area (Å²) in [6.45, 7) is 8.42. The van der Waals surface area contributed by atoms with E-state index in [0.717, 1.165) is 22.1 Å². The molecule has 0 aliphatic heterocycles. The van der Waals surface area contributed by atoms with Crippen LogP contribution in [0.25, 0.3) is 43.6 Å². The number of benzene rings is 3. The van der Waals surface area contributed by atoms with E-state index >= 15 is 0 Å². The standard InChI is InChI=1S/C26H24N2O2/c1-15(2)27-21-11-7-5-9-17(21)25(29)19-14-24-20(13-23(19)27)26(30)18-10-6-8-12-22(18)28(24)16(3)4/h5-16H,1-4H3. The zero-order valence-electron chi connectivity index (χ0n) is 17.6. The molecule has 0 amide bonds. The molecule has 2 aromatic heterocycles. The first kappa shape index (κ1) is 18.6. The van der Waals surface area contributed by atoms with Crippen molar-refractivity contribution in [1.82, 2.24) is 9.13 Å². The van der Waals surface area contributed by atoms with Crippen molar-refractivity contribution in [3.05, 3.63) is 81.1 Å². The second-order valence-corrected chi connectivity index (χ2v) is 8.51. The van der Waals surface area contributed by atoms with Crippen LogP contribution in [0, 0.1) is 0 Å². The molecule has 0 spiro atoms. The van der Waals surface area contributed by atoms with E-state index in [4.69, 9.17) is 0 Å². The van der Waals surface area contributed by atoms with Crippen molar-refractivity contribution in [3.63, 3.8) is 0 Å². The lowest BCUT2D eigenvalue weighted by Gasteiger charge is -2.22. The minimum atomic E-state index is 0.00955. The molecule has 150 valence electrons. The monoisotopic (exact) mass is 396 g/mol. The largest absolute Gasteiger partial charge is 0.338 e. The number of pyridine rings is 2. The van der Waals surface area contributed by atoms with Gasteiger partial charge in [-0.15, -0.1) is 0 Å². The molecule has 30 heavy (non-hydrogen) atoms. The van der Waals surface area contributed by atoms with Gasteiger partial charge in [0.1, 0.15) is 0 Å². The van der Waals surface area contributed by atoms with Crippen LogP contribution >= 0.6 is 0 Å². The number of hydrogen-bond acceptors (Lipinski definition) is 2. The SMILES string of the molecule is CC(C)n1c2ccccc2c(=O)c2cc3c(cc21)c(=O)c1ccccc1n3C(C)C. The summed E-state index contributed by atoms with van der Waals surface area (Å²) in [5.41, 5.74) is 3.43. The average molecular weight is 396 g/mol. The molecule has 2 heterocycles. The van der Waals surface area contributed by atoms with Crippen molar-refractivity contribution in [2.24, 2.45) is 0 Å². The molecule has 4 heteroatoms. The summed E-state index contributed by atoms with van der Waals surface area (Å²) < 4.78 is 4.33. The first-order chi connectivity index (χ1) is 14.4. The second kappa shape index (κ2) is 6.56. The van der Waals surface area contributed by atoms with Crippen LogP contribution in [0.4, 0.5) is 0 Å². The number of aromatic nitrogens is 2. The van der Waals surface area contributed by atoms with Gasteiger partial charge in [-0.1, -0.05) is 24.3 Å². The highest BCUT2D eigenvalue weighted by Gasteiger charge is 2.18. The Morgan fingerprint density at radius 1 is 0.533 bits per heavy atom. The van der Waals surface area contributed by atoms with Crippen molar-refractivity contribution in [3.8, 4) is 0 Å². The third-order valence-electron chi connectivity index (χ3n) is 5.97. The highest BCUT2D eigenvalue weighted by atomic mass is 16.1. The molecule has 0 unspecified atom stereocenters. The topological polar surface area (TPSA) is 44.0 Å². The van der Waals surface area contributed by atoms with E-state index in [1.54, 1.807) is 0 Å².